The van der Waals surface area contributed by atoms with Crippen LogP contribution in [0.2, 0.25) is 0 Å². The zero-order chi connectivity index (χ0) is 14.8. The lowest BCUT2D eigenvalue weighted by atomic mass is 10.0. The van der Waals surface area contributed by atoms with Crippen LogP contribution in [0, 0.1) is 5.82 Å². The van der Waals surface area contributed by atoms with Crippen LogP contribution in [0.1, 0.15) is 35.9 Å². The topological polar surface area (TPSA) is 49.3 Å². The molecule has 1 atom stereocenters. The summed E-state index contributed by atoms with van der Waals surface area (Å²) >= 11 is 0. The number of hydrogen-bond donors (Lipinski definition) is 2. The fourth-order valence-electron chi connectivity index (χ4n) is 2.43. The Morgan fingerprint density at radius 1 is 1.19 bits per heavy atom. The number of hydrogen-bond acceptors (Lipinski definition) is 2. The summed E-state index contributed by atoms with van der Waals surface area (Å²) < 4.78 is 13.7. The number of halogens is 1. The Balaban J connectivity index is 1.89. The van der Waals surface area contributed by atoms with Crippen LogP contribution in [0.25, 0.3) is 0 Å². The quantitative estimate of drug-likeness (QED) is 0.874. The van der Waals surface area contributed by atoms with Gasteiger partial charge in [0.1, 0.15) is 5.82 Å². The van der Waals surface area contributed by atoms with E-state index in [-0.39, 0.29) is 5.69 Å². The van der Waals surface area contributed by atoms with Gasteiger partial charge in [0.05, 0.1) is 5.69 Å². The molecule has 0 spiro atoms. The molecule has 108 valence electrons. The number of carboxylic acid groups (broad SMARTS) is 1. The van der Waals surface area contributed by atoms with Crippen LogP contribution in [0.3, 0.4) is 0 Å². The normalized spacial score (nSPS) is 15.5. The number of rotatable bonds is 5. The molecule has 1 unspecified atom stereocenters. The van der Waals surface area contributed by atoms with Gasteiger partial charge in [0.2, 0.25) is 0 Å². The highest BCUT2D eigenvalue weighted by molar-refractivity contribution is 5.79. The monoisotopic (exact) mass is 285 g/mol. The fourth-order valence-corrected chi connectivity index (χ4v) is 2.43. The molecule has 0 saturated heterocycles. The second-order valence-electron chi connectivity index (χ2n) is 5.34. The van der Waals surface area contributed by atoms with E-state index < -0.39 is 17.8 Å². The van der Waals surface area contributed by atoms with Crippen molar-refractivity contribution in [1.82, 2.24) is 0 Å². The summed E-state index contributed by atoms with van der Waals surface area (Å²) in [4.78, 5) is 11.5. The van der Waals surface area contributed by atoms with Crippen LogP contribution < -0.4 is 5.32 Å². The van der Waals surface area contributed by atoms with Crippen molar-refractivity contribution in [2.75, 3.05) is 5.32 Å². The molecule has 4 heteroatoms. The summed E-state index contributed by atoms with van der Waals surface area (Å²) in [7, 11) is 0. The van der Waals surface area contributed by atoms with Crippen LogP contribution in [-0.2, 0) is 4.79 Å². The molecule has 21 heavy (non-hydrogen) atoms. The van der Waals surface area contributed by atoms with Crippen LogP contribution in [0.5, 0.6) is 0 Å². The first-order valence-electron chi connectivity index (χ1n) is 6.99. The highest BCUT2D eigenvalue weighted by atomic mass is 19.1. The summed E-state index contributed by atoms with van der Waals surface area (Å²) in [5.41, 5.74) is 2.01. The lowest BCUT2D eigenvalue weighted by Gasteiger charge is -2.17. The van der Waals surface area contributed by atoms with Gasteiger partial charge in [-0.15, -0.1) is 0 Å². The molecule has 1 aliphatic rings. The van der Waals surface area contributed by atoms with E-state index in [0.717, 1.165) is 18.4 Å². The molecule has 1 saturated carbocycles. The van der Waals surface area contributed by atoms with E-state index in [1.165, 1.54) is 12.1 Å². The number of aliphatic carboxylic acids is 1. The smallest absolute Gasteiger partial charge is 0.330 e. The number of carboxylic acids is 1. The maximum atomic E-state index is 13.7. The number of nitrogens with one attached hydrogen (secondary N) is 1. The number of para-hydroxylation sites is 1. The van der Waals surface area contributed by atoms with E-state index in [1.807, 2.05) is 18.2 Å². The van der Waals surface area contributed by atoms with Gasteiger partial charge in [-0.1, -0.05) is 36.4 Å². The van der Waals surface area contributed by atoms with Gasteiger partial charge in [-0.25, -0.2) is 9.18 Å². The molecule has 0 heterocycles. The van der Waals surface area contributed by atoms with Crippen molar-refractivity contribution in [3.63, 3.8) is 0 Å². The molecular weight excluding hydrogens is 269 g/mol. The number of carbonyl (C=O) groups is 1. The van der Waals surface area contributed by atoms with Crippen LogP contribution in [0.15, 0.2) is 48.5 Å². The predicted octanol–water partition coefficient (Wildman–Crippen LogP) is 3.94. The summed E-state index contributed by atoms with van der Waals surface area (Å²) in [6.07, 6.45) is 2.31. The van der Waals surface area contributed by atoms with Crippen molar-refractivity contribution < 1.29 is 14.3 Å². The minimum atomic E-state index is -1.02. The van der Waals surface area contributed by atoms with E-state index in [9.17, 15) is 14.3 Å². The SMILES string of the molecule is O=C(O)C(Nc1ccccc1F)c1cccc(C2CC2)c1. The van der Waals surface area contributed by atoms with Gasteiger partial charge >= 0.3 is 5.97 Å². The molecule has 1 fully saturated rings. The first-order chi connectivity index (χ1) is 10.1. The zero-order valence-corrected chi connectivity index (χ0v) is 11.4. The Kier molecular flexibility index (Phi) is 3.60. The van der Waals surface area contributed by atoms with E-state index in [0.29, 0.717) is 11.5 Å². The van der Waals surface area contributed by atoms with Gasteiger partial charge in [0.15, 0.2) is 6.04 Å². The lowest BCUT2D eigenvalue weighted by molar-refractivity contribution is -0.138. The van der Waals surface area contributed by atoms with Crippen molar-refractivity contribution in [3.8, 4) is 0 Å². The molecule has 2 aromatic carbocycles. The average molecular weight is 285 g/mol. The second kappa shape index (κ2) is 5.56. The Morgan fingerprint density at radius 3 is 2.62 bits per heavy atom. The first kappa shape index (κ1) is 13.6. The molecule has 2 aromatic rings. The standard InChI is InChI=1S/C17H16FNO2/c18-14-6-1-2-7-15(14)19-16(17(20)21)13-5-3-4-12(10-13)11-8-9-11/h1-7,10-11,16,19H,8-9H2,(H,20,21). The van der Waals surface area contributed by atoms with Crippen molar-refractivity contribution in [1.29, 1.82) is 0 Å². The highest BCUT2D eigenvalue weighted by Gasteiger charge is 2.26. The summed E-state index contributed by atoms with van der Waals surface area (Å²) in [6.45, 7) is 0. The third-order valence-corrected chi connectivity index (χ3v) is 3.71. The van der Waals surface area contributed by atoms with Gasteiger partial charge in [-0.05, 0) is 42.0 Å². The minimum Gasteiger partial charge on any atom is -0.479 e. The molecule has 0 radical (unpaired) electrons. The number of benzene rings is 2. The van der Waals surface area contributed by atoms with E-state index >= 15 is 0 Å². The molecule has 0 aromatic heterocycles. The van der Waals surface area contributed by atoms with Gasteiger partial charge in [-0.3, -0.25) is 0 Å². The highest BCUT2D eigenvalue weighted by Crippen LogP contribution is 2.40. The zero-order valence-electron chi connectivity index (χ0n) is 11.4. The molecular formula is C17H16FNO2. The van der Waals surface area contributed by atoms with Crippen molar-refractivity contribution in [2.45, 2.75) is 24.8 Å². The average Bonchev–Trinajstić information content (AvgIpc) is 3.31. The van der Waals surface area contributed by atoms with Crippen molar-refractivity contribution in [3.05, 3.63) is 65.5 Å². The molecule has 3 nitrogen and oxygen atoms in total. The van der Waals surface area contributed by atoms with Crippen molar-refractivity contribution >= 4 is 11.7 Å². The summed E-state index contributed by atoms with van der Waals surface area (Å²) in [5, 5.41) is 12.2. The third kappa shape index (κ3) is 3.05. The van der Waals surface area contributed by atoms with Gasteiger partial charge < -0.3 is 10.4 Å². The molecule has 0 aliphatic heterocycles. The summed E-state index contributed by atoms with van der Waals surface area (Å²) in [6, 6.07) is 12.7. The van der Waals surface area contributed by atoms with E-state index in [1.54, 1.807) is 18.2 Å². The predicted molar refractivity (Wildman–Crippen MR) is 78.8 cm³/mol. The molecule has 0 amide bonds. The van der Waals surface area contributed by atoms with Gasteiger partial charge in [0, 0.05) is 0 Å². The van der Waals surface area contributed by atoms with Crippen LogP contribution in [-0.4, -0.2) is 11.1 Å². The molecule has 3 rings (SSSR count). The first-order valence-corrected chi connectivity index (χ1v) is 6.99. The van der Waals surface area contributed by atoms with Gasteiger partial charge in [0.25, 0.3) is 0 Å². The lowest BCUT2D eigenvalue weighted by Crippen LogP contribution is -2.21. The van der Waals surface area contributed by atoms with Crippen LogP contribution in [0.4, 0.5) is 10.1 Å². The maximum absolute atomic E-state index is 13.7. The third-order valence-electron chi connectivity index (χ3n) is 3.71. The second-order valence-corrected chi connectivity index (χ2v) is 5.34. The van der Waals surface area contributed by atoms with Crippen LogP contribution >= 0.6 is 0 Å². The summed E-state index contributed by atoms with van der Waals surface area (Å²) in [5.74, 6) is -0.929. The van der Waals surface area contributed by atoms with Crippen molar-refractivity contribution in [2.24, 2.45) is 0 Å². The Bertz CT molecular complexity index is 667. The van der Waals surface area contributed by atoms with E-state index in [4.69, 9.17) is 0 Å². The molecule has 1 aliphatic carbocycles. The Labute approximate surface area is 122 Å². The molecule has 2 N–H and O–H groups in total. The number of anilines is 1. The Hall–Kier alpha value is -2.36. The fraction of sp³-hybridized carbons (Fsp3) is 0.235. The van der Waals surface area contributed by atoms with E-state index in [2.05, 4.69) is 5.32 Å². The van der Waals surface area contributed by atoms with Gasteiger partial charge in [-0.2, -0.15) is 0 Å². The largest absolute Gasteiger partial charge is 0.479 e. The Morgan fingerprint density at radius 2 is 1.95 bits per heavy atom. The minimum absolute atomic E-state index is 0.196. The molecule has 0 bridgehead atoms. The maximum Gasteiger partial charge on any atom is 0.330 e.